The van der Waals surface area contributed by atoms with Crippen molar-refractivity contribution < 1.29 is 17.9 Å². The van der Waals surface area contributed by atoms with Gasteiger partial charge >= 0.3 is 0 Å². The first-order valence-electron chi connectivity index (χ1n) is 8.06. The molecule has 0 spiro atoms. The quantitative estimate of drug-likeness (QED) is 0.780. The van der Waals surface area contributed by atoms with Crippen molar-refractivity contribution in [2.24, 2.45) is 11.8 Å². The largest absolute Gasteiger partial charge is 0.350 e. The highest BCUT2D eigenvalue weighted by Gasteiger charge is 2.38. The molecule has 2 atom stereocenters. The first-order valence-corrected chi connectivity index (χ1v) is 9.45. The van der Waals surface area contributed by atoms with Crippen molar-refractivity contribution in [3.05, 3.63) is 0 Å². The Morgan fingerprint density at radius 3 is 2.24 bits per heavy atom. The molecule has 3 saturated heterocycles. The second kappa shape index (κ2) is 6.50. The Hall–Kier alpha value is -0.210. The molecule has 0 radical (unpaired) electrons. The Kier molecular flexibility index (Phi) is 4.85. The van der Waals surface area contributed by atoms with Crippen LogP contribution in [0.2, 0.25) is 0 Å². The fourth-order valence-corrected chi connectivity index (χ4v) is 5.44. The SMILES string of the molecule is C[C@H]1CCCN(S(=O)(=O)N2CCC[C@H](C3OCCO3)C2)C1. The number of hydrogen-bond donors (Lipinski definition) is 0. The Morgan fingerprint density at radius 2 is 1.57 bits per heavy atom. The zero-order chi connectivity index (χ0) is 14.9. The molecular weight excluding hydrogens is 292 g/mol. The van der Waals surface area contributed by atoms with Crippen molar-refractivity contribution in [3.8, 4) is 0 Å². The molecule has 0 aliphatic carbocycles. The van der Waals surface area contributed by atoms with Gasteiger partial charge in [0.1, 0.15) is 0 Å². The first kappa shape index (κ1) is 15.7. The lowest BCUT2D eigenvalue weighted by Gasteiger charge is -2.38. The van der Waals surface area contributed by atoms with E-state index >= 15 is 0 Å². The molecule has 0 bridgehead atoms. The Bertz CT molecular complexity index is 450. The molecule has 3 rings (SSSR count). The molecule has 0 N–H and O–H groups in total. The monoisotopic (exact) mass is 318 g/mol. The van der Waals surface area contributed by atoms with E-state index in [1.807, 2.05) is 0 Å². The van der Waals surface area contributed by atoms with Gasteiger partial charge in [-0.05, 0) is 31.6 Å². The van der Waals surface area contributed by atoms with Crippen LogP contribution < -0.4 is 0 Å². The maximum atomic E-state index is 12.8. The van der Waals surface area contributed by atoms with E-state index in [1.165, 1.54) is 0 Å². The summed E-state index contributed by atoms with van der Waals surface area (Å²) in [5.41, 5.74) is 0. The van der Waals surface area contributed by atoms with Crippen LogP contribution in [0, 0.1) is 11.8 Å². The van der Waals surface area contributed by atoms with Crippen molar-refractivity contribution in [1.82, 2.24) is 8.61 Å². The second-order valence-corrected chi connectivity index (χ2v) is 8.41. The van der Waals surface area contributed by atoms with Gasteiger partial charge in [-0.25, -0.2) is 0 Å². The molecule has 0 aromatic carbocycles. The molecule has 7 heteroatoms. The third-order valence-corrected chi connectivity index (χ3v) is 6.69. The number of nitrogens with zero attached hydrogens (tertiary/aromatic N) is 2. The molecule has 0 aromatic heterocycles. The molecule has 3 heterocycles. The molecule has 3 aliphatic rings. The van der Waals surface area contributed by atoms with Crippen LogP contribution >= 0.6 is 0 Å². The van der Waals surface area contributed by atoms with Crippen LogP contribution in [-0.4, -0.2) is 62.7 Å². The van der Waals surface area contributed by atoms with Crippen LogP contribution in [-0.2, 0) is 19.7 Å². The standard InChI is InChI=1S/C14H26N2O4S/c1-12-4-2-6-15(10-12)21(17,18)16-7-3-5-13(11-16)14-19-8-9-20-14/h12-14H,2-11H2,1H3/t12-,13-/m0/s1. The number of piperidine rings is 2. The lowest BCUT2D eigenvalue weighted by molar-refractivity contribution is -0.0943. The number of ether oxygens (including phenoxy) is 2. The summed E-state index contributed by atoms with van der Waals surface area (Å²) in [4.78, 5) is 0. The lowest BCUT2D eigenvalue weighted by atomic mass is 9.99. The summed E-state index contributed by atoms with van der Waals surface area (Å²) >= 11 is 0. The van der Waals surface area contributed by atoms with Gasteiger partial charge in [0.2, 0.25) is 0 Å². The van der Waals surface area contributed by atoms with E-state index in [-0.39, 0.29) is 12.2 Å². The van der Waals surface area contributed by atoms with Crippen molar-refractivity contribution in [1.29, 1.82) is 0 Å². The van der Waals surface area contributed by atoms with E-state index in [2.05, 4.69) is 6.92 Å². The Balaban J connectivity index is 1.66. The van der Waals surface area contributed by atoms with Gasteiger partial charge < -0.3 is 9.47 Å². The maximum Gasteiger partial charge on any atom is 0.281 e. The van der Waals surface area contributed by atoms with Crippen molar-refractivity contribution in [2.75, 3.05) is 39.4 Å². The molecule has 21 heavy (non-hydrogen) atoms. The smallest absolute Gasteiger partial charge is 0.281 e. The average Bonchev–Trinajstić information content (AvgIpc) is 3.02. The molecule has 122 valence electrons. The minimum atomic E-state index is -3.32. The summed E-state index contributed by atoms with van der Waals surface area (Å²) < 4.78 is 40.1. The van der Waals surface area contributed by atoms with E-state index < -0.39 is 10.2 Å². The van der Waals surface area contributed by atoms with Gasteiger partial charge in [0.05, 0.1) is 13.2 Å². The normalized spacial score (nSPS) is 34.3. The van der Waals surface area contributed by atoms with E-state index in [1.54, 1.807) is 8.61 Å². The van der Waals surface area contributed by atoms with Crippen LogP contribution in [0.25, 0.3) is 0 Å². The van der Waals surface area contributed by atoms with Gasteiger partial charge in [-0.1, -0.05) is 6.92 Å². The average molecular weight is 318 g/mol. The molecule has 6 nitrogen and oxygen atoms in total. The number of hydrogen-bond acceptors (Lipinski definition) is 4. The predicted octanol–water partition coefficient (Wildman–Crippen LogP) is 1.05. The Morgan fingerprint density at radius 1 is 0.952 bits per heavy atom. The Labute approximate surface area is 127 Å². The zero-order valence-corrected chi connectivity index (χ0v) is 13.6. The molecule has 0 aromatic rings. The summed E-state index contributed by atoms with van der Waals surface area (Å²) in [6, 6.07) is 0. The van der Waals surface area contributed by atoms with Crippen molar-refractivity contribution in [2.45, 2.75) is 38.9 Å². The summed E-state index contributed by atoms with van der Waals surface area (Å²) in [5.74, 6) is 0.619. The van der Waals surface area contributed by atoms with Gasteiger partial charge in [0, 0.05) is 32.1 Å². The minimum absolute atomic E-state index is 0.165. The molecule has 0 saturated carbocycles. The van der Waals surface area contributed by atoms with Gasteiger partial charge in [0.15, 0.2) is 6.29 Å². The topological polar surface area (TPSA) is 59.1 Å². The highest BCUT2D eigenvalue weighted by molar-refractivity contribution is 7.86. The van der Waals surface area contributed by atoms with Crippen LogP contribution in [0.1, 0.15) is 32.6 Å². The van der Waals surface area contributed by atoms with E-state index in [0.717, 1.165) is 25.7 Å². The molecular formula is C14H26N2O4S. The van der Waals surface area contributed by atoms with Crippen LogP contribution in [0.4, 0.5) is 0 Å². The van der Waals surface area contributed by atoms with Gasteiger partial charge in [-0.3, -0.25) is 0 Å². The summed E-state index contributed by atoms with van der Waals surface area (Å²) in [5, 5.41) is 0. The molecule has 0 amide bonds. The summed E-state index contributed by atoms with van der Waals surface area (Å²) in [6.45, 7) is 5.83. The van der Waals surface area contributed by atoms with Crippen LogP contribution in [0.15, 0.2) is 0 Å². The van der Waals surface area contributed by atoms with Crippen LogP contribution in [0.3, 0.4) is 0 Å². The fraction of sp³-hybridized carbons (Fsp3) is 1.00. The third-order valence-electron chi connectivity index (χ3n) is 4.73. The molecule has 3 aliphatic heterocycles. The lowest BCUT2D eigenvalue weighted by Crippen LogP contribution is -2.51. The maximum absolute atomic E-state index is 12.8. The summed E-state index contributed by atoms with van der Waals surface area (Å²) in [6.07, 6.45) is 3.73. The van der Waals surface area contributed by atoms with Gasteiger partial charge in [0.25, 0.3) is 10.2 Å². The first-order chi connectivity index (χ1) is 10.1. The van der Waals surface area contributed by atoms with E-state index in [0.29, 0.717) is 45.3 Å². The number of rotatable bonds is 3. The summed E-state index contributed by atoms with van der Waals surface area (Å²) in [7, 11) is -3.32. The van der Waals surface area contributed by atoms with Gasteiger partial charge in [-0.15, -0.1) is 0 Å². The van der Waals surface area contributed by atoms with Gasteiger partial charge in [-0.2, -0.15) is 17.0 Å². The predicted molar refractivity (Wildman–Crippen MR) is 78.9 cm³/mol. The van der Waals surface area contributed by atoms with E-state index in [4.69, 9.17) is 9.47 Å². The third kappa shape index (κ3) is 3.42. The minimum Gasteiger partial charge on any atom is -0.350 e. The fourth-order valence-electron chi connectivity index (χ4n) is 3.57. The highest BCUT2D eigenvalue weighted by Crippen LogP contribution is 2.28. The zero-order valence-electron chi connectivity index (χ0n) is 12.7. The van der Waals surface area contributed by atoms with Crippen molar-refractivity contribution in [3.63, 3.8) is 0 Å². The van der Waals surface area contributed by atoms with E-state index in [9.17, 15) is 8.42 Å². The second-order valence-electron chi connectivity index (χ2n) is 6.48. The van der Waals surface area contributed by atoms with Crippen LogP contribution in [0.5, 0.6) is 0 Å². The molecule has 0 unspecified atom stereocenters. The highest BCUT2D eigenvalue weighted by atomic mass is 32.2. The molecule has 3 fully saturated rings. The van der Waals surface area contributed by atoms with Crippen molar-refractivity contribution >= 4 is 10.2 Å².